The van der Waals surface area contributed by atoms with Crippen LogP contribution < -0.4 is 4.74 Å². The number of hydrogen-bond acceptors (Lipinski definition) is 5. The molecule has 0 aliphatic carbocycles. The second-order valence-corrected chi connectivity index (χ2v) is 8.80. The number of fused-ring (bicyclic) bond motifs is 1. The van der Waals surface area contributed by atoms with Crippen molar-refractivity contribution >= 4 is 33.1 Å². The molecule has 1 atom stereocenters. The molecule has 31 heavy (non-hydrogen) atoms. The fourth-order valence-corrected chi connectivity index (χ4v) is 4.98. The summed E-state index contributed by atoms with van der Waals surface area (Å²) >= 11 is 1.66. The highest BCUT2D eigenvalue weighted by Gasteiger charge is 2.26. The van der Waals surface area contributed by atoms with Crippen molar-refractivity contribution < 1.29 is 23.5 Å². The van der Waals surface area contributed by atoms with Gasteiger partial charge in [0.05, 0.1) is 25.1 Å². The highest BCUT2D eigenvalue weighted by atomic mass is 32.1. The molecule has 4 rings (SSSR count). The molecule has 7 heteroatoms. The first-order valence-electron chi connectivity index (χ1n) is 10.2. The van der Waals surface area contributed by atoms with Crippen LogP contribution in [-0.2, 0) is 16.0 Å². The van der Waals surface area contributed by atoms with Crippen LogP contribution in [0.25, 0.3) is 10.1 Å². The Hall–Kier alpha value is -2.77. The third-order valence-electron chi connectivity index (χ3n) is 5.49. The van der Waals surface area contributed by atoms with Crippen molar-refractivity contribution in [2.75, 3.05) is 26.3 Å². The third-order valence-corrected chi connectivity index (χ3v) is 6.76. The minimum Gasteiger partial charge on any atom is -0.490 e. The molecule has 0 bridgehead atoms. The van der Waals surface area contributed by atoms with Gasteiger partial charge in [-0.05, 0) is 49.1 Å². The van der Waals surface area contributed by atoms with Gasteiger partial charge < -0.3 is 14.4 Å². The molecular weight excluding hydrogens is 417 g/mol. The number of rotatable bonds is 6. The number of ketones is 1. The van der Waals surface area contributed by atoms with Gasteiger partial charge in [-0.1, -0.05) is 18.2 Å². The van der Waals surface area contributed by atoms with E-state index in [1.807, 2.05) is 12.1 Å². The van der Waals surface area contributed by atoms with Gasteiger partial charge >= 0.3 is 0 Å². The zero-order valence-corrected chi connectivity index (χ0v) is 18.3. The van der Waals surface area contributed by atoms with Gasteiger partial charge in [-0.15, -0.1) is 11.3 Å². The Labute approximate surface area is 184 Å². The summed E-state index contributed by atoms with van der Waals surface area (Å²) in [6, 6.07) is 12.1. The largest absolute Gasteiger partial charge is 0.490 e. The quantitative estimate of drug-likeness (QED) is 0.532. The van der Waals surface area contributed by atoms with Crippen LogP contribution in [0.4, 0.5) is 4.39 Å². The van der Waals surface area contributed by atoms with E-state index in [2.05, 4.69) is 19.1 Å². The second-order valence-electron chi connectivity index (χ2n) is 7.66. The fourth-order valence-electron chi connectivity index (χ4n) is 3.78. The van der Waals surface area contributed by atoms with E-state index in [4.69, 9.17) is 9.47 Å². The number of morpholine rings is 1. The number of amides is 1. The third kappa shape index (κ3) is 4.78. The predicted octanol–water partition coefficient (Wildman–Crippen LogP) is 4.40. The lowest BCUT2D eigenvalue weighted by molar-refractivity contribution is -0.139. The van der Waals surface area contributed by atoms with Crippen molar-refractivity contribution in [2.24, 2.45) is 0 Å². The zero-order valence-electron chi connectivity index (χ0n) is 17.5. The number of benzene rings is 2. The molecule has 1 unspecified atom stereocenters. The Morgan fingerprint density at radius 3 is 2.84 bits per heavy atom. The van der Waals surface area contributed by atoms with Gasteiger partial charge in [0.1, 0.15) is 24.3 Å². The average molecular weight is 442 g/mol. The predicted molar refractivity (Wildman–Crippen MR) is 118 cm³/mol. The number of aryl methyl sites for hydroxylation is 1. The van der Waals surface area contributed by atoms with Crippen molar-refractivity contribution in [1.82, 2.24) is 4.90 Å². The van der Waals surface area contributed by atoms with Crippen LogP contribution in [0.2, 0.25) is 0 Å². The van der Waals surface area contributed by atoms with Crippen molar-refractivity contribution in [3.05, 3.63) is 64.3 Å². The summed E-state index contributed by atoms with van der Waals surface area (Å²) in [5, 5.41) is 1.20. The molecule has 3 aromatic rings. The number of ether oxygens (including phenoxy) is 2. The van der Waals surface area contributed by atoms with Crippen LogP contribution >= 0.6 is 11.3 Å². The summed E-state index contributed by atoms with van der Waals surface area (Å²) in [6.45, 7) is 4.99. The molecule has 1 amide bonds. The summed E-state index contributed by atoms with van der Waals surface area (Å²) in [5.41, 5.74) is 1.36. The zero-order chi connectivity index (χ0) is 22.0. The number of halogens is 1. The van der Waals surface area contributed by atoms with Crippen LogP contribution in [0.15, 0.2) is 42.5 Å². The van der Waals surface area contributed by atoms with E-state index in [9.17, 15) is 14.0 Å². The molecule has 162 valence electrons. The highest BCUT2D eigenvalue weighted by Crippen LogP contribution is 2.31. The molecule has 1 fully saturated rings. The van der Waals surface area contributed by atoms with Gasteiger partial charge in [-0.3, -0.25) is 9.59 Å². The van der Waals surface area contributed by atoms with Crippen LogP contribution in [0.5, 0.6) is 5.75 Å². The van der Waals surface area contributed by atoms with Crippen LogP contribution in [0.3, 0.4) is 0 Å². The topological polar surface area (TPSA) is 55.8 Å². The lowest BCUT2D eigenvalue weighted by Crippen LogP contribution is -2.48. The van der Waals surface area contributed by atoms with Gasteiger partial charge in [-0.25, -0.2) is 4.39 Å². The summed E-state index contributed by atoms with van der Waals surface area (Å²) in [7, 11) is 0. The van der Waals surface area contributed by atoms with Crippen molar-refractivity contribution in [2.45, 2.75) is 26.4 Å². The van der Waals surface area contributed by atoms with Crippen LogP contribution in [0, 0.1) is 12.7 Å². The number of thiophene rings is 1. The summed E-state index contributed by atoms with van der Waals surface area (Å²) < 4.78 is 26.1. The molecule has 1 aliphatic heterocycles. The van der Waals surface area contributed by atoms with E-state index in [1.54, 1.807) is 16.2 Å². The Balaban J connectivity index is 1.39. The van der Waals surface area contributed by atoms with E-state index in [1.165, 1.54) is 35.2 Å². The number of carbonyl (C=O) groups excluding carboxylic acids is 2. The molecule has 1 saturated heterocycles. The van der Waals surface area contributed by atoms with Crippen LogP contribution in [-0.4, -0.2) is 49.0 Å². The molecule has 0 spiro atoms. The van der Waals surface area contributed by atoms with Crippen molar-refractivity contribution in [1.29, 1.82) is 0 Å². The molecule has 5 nitrogen and oxygen atoms in total. The van der Waals surface area contributed by atoms with Gasteiger partial charge in [0, 0.05) is 16.1 Å². The second kappa shape index (κ2) is 9.16. The Bertz CT molecular complexity index is 1130. The van der Waals surface area contributed by atoms with Gasteiger partial charge in [0.25, 0.3) is 0 Å². The number of hydrogen-bond donors (Lipinski definition) is 0. The highest BCUT2D eigenvalue weighted by molar-refractivity contribution is 7.19. The number of carbonyl (C=O) groups is 2. The number of nitrogens with zero attached hydrogens (tertiary/aromatic N) is 1. The smallest absolute Gasteiger partial charge is 0.228 e. The molecule has 0 radical (unpaired) electrons. The minimum absolute atomic E-state index is 0.0640. The molecule has 1 aliphatic rings. The van der Waals surface area contributed by atoms with Crippen molar-refractivity contribution in [3.8, 4) is 5.75 Å². The van der Waals surface area contributed by atoms with Gasteiger partial charge in [0.15, 0.2) is 5.78 Å². The summed E-state index contributed by atoms with van der Waals surface area (Å²) in [5.74, 6) is -0.370. The molecule has 2 heterocycles. The monoisotopic (exact) mass is 441 g/mol. The maximum absolute atomic E-state index is 13.4. The molecule has 0 saturated carbocycles. The summed E-state index contributed by atoms with van der Waals surface area (Å²) in [6.07, 6.45) is 0.0524. The Kier molecular flexibility index (Phi) is 6.34. The average Bonchev–Trinajstić information content (AvgIpc) is 3.08. The van der Waals surface area contributed by atoms with E-state index < -0.39 is 5.82 Å². The fraction of sp³-hybridized carbons (Fsp3) is 0.333. The number of Topliss-reactive ketones (excluding diaryl/α,β-unsaturated/α-hetero) is 1. The minimum atomic E-state index is -0.486. The maximum Gasteiger partial charge on any atom is 0.228 e. The molecule has 1 aromatic heterocycles. The lowest BCUT2D eigenvalue weighted by atomic mass is 10.1. The molecular formula is C24H24FNO4S. The van der Waals surface area contributed by atoms with E-state index in [0.717, 1.165) is 10.4 Å². The van der Waals surface area contributed by atoms with Gasteiger partial charge in [0.2, 0.25) is 5.91 Å². The first-order chi connectivity index (χ1) is 14.9. The normalized spacial score (nSPS) is 16.5. The van der Waals surface area contributed by atoms with Crippen LogP contribution in [0.1, 0.15) is 27.7 Å². The van der Waals surface area contributed by atoms with E-state index >= 15 is 0 Å². The lowest BCUT2D eigenvalue weighted by Gasteiger charge is -2.33. The SMILES string of the molecule is CC(=O)c1cc(F)ccc1OCC1CN(C(=O)Cc2sc3ccccc3c2C)CCO1. The van der Waals surface area contributed by atoms with E-state index in [0.29, 0.717) is 31.9 Å². The maximum atomic E-state index is 13.4. The standard InChI is InChI=1S/C24H24FNO4S/c1-15-19-5-3-4-6-22(19)31-23(15)12-24(28)26-9-10-29-18(13-26)14-30-21-8-7-17(25)11-20(21)16(2)27/h3-8,11,18H,9-10,12-14H2,1-2H3. The first-order valence-corrected chi connectivity index (χ1v) is 11.0. The Morgan fingerprint density at radius 1 is 1.26 bits per heavy atom. The summed E-state index contributed by atoms with van der Waals surface area (Å²) in [4.78, 5) is 27.6. The van der Waals surface area contributed by atoms with E-state index in [-0.39, 0.29) is 30.0 Å². The van der Waals surface area contributed by atoms with Gasteiger partial charge in [-0.2, -0.15) is 0 Å². The molecule has 2 aromatic carbocycles. The Morgan fingerprint density at radius 2 is 2.06 bits per heavy atom. The van der Waals surface area contributed by atoms with Crippen molar-refractivity contribution in [3.63, 3.8) is 0 Å². The first kappa shape index (κ1) is 21.5. The molecule has 0 N–H and O–H groups in total.